The minimum Gasteiger partial charge on any atom is -0.489 e. The van der Waals surface area contributed by atoms with Gasteiger partial charge in [0.1, 0.15) is 5.75 Å². The molecule has 0 amide bonds. The summed E-state index contributed by atoms with van der Waals surface area (Å²) in [5.41, 5.74) is 3.96. The van der Waals surface area contributed by atoms with Gasteiger partial charge in [-0.25, -0.2) is 0 Å². The molecule has 0 saturated carbocycles. The van der Waals surface area contributed by atoms with Crippen LogP contribution < -0.4 is 16.0 Å². The molecule has 4 nitrogen and oxygen atoms in total. The fraction of sp³-hybridized carbons (Fsp3) is 0.438. The average Bonchev–Trinajstić information content (AvgIpc) is 2.96. The van der Waals surface area contributed by atoms with Crippen LogP contribution in [0, 0.1) is 0 Å². The van der Waals surface area contributed by atoms with Gasteiger partial charge in [-0.05, 0) is 56.2 Å². The number of hydrogen-bond donors (Lipinski definition) is 2. The second-order valence-corrected chi connectivity index (χ2v) is 6.34. The third-order valence-electron chi connectivity index (χ3n) is 3.21. The minimum absolute atomic E-state index is 0.105. The van der Waals surface area contributed by atoms with Gasteiger partial charge in [-0.1, -0.05) is 6.07 Å². The number of ether oxygens (including phenoxy) is 1. The zero-order valence-electron chi connectivity index (χ0n) is 12.6. The largest absolute Gasteiger partial charge is 0.489 e. The zero-order chi connectivity index (χ0) is 15.1. The number of hydrazine groups is 1. The van der Waals surface area contributed by atoms with Gasteiger partial charge in [0.25, 0.3) is 0 Å². The van der Waals surface area contributed by atoms with Gasteiger partial charge in [0.2, 0.25) is 0 Å². The predicted octanol–water partition coefficient (Wildman–Crippen LogP) is 3.46. The fourth-order valence-corrected chi connectivity index (χ4v) is 3.00. The Kier molecular flexibility index (Phi) is 6.17. The highest BCUT2D eigenvalue weighted by Crippen LogP contribution is 2.23. The Bertz CT molecular complexity index is 528. The van der Waals surface area contributed by atoms with Gasteiger partial charge in [0.05, 0.1) is 12.3 Å². The quantitative estimate of drug-likeness (QED) is 0.579. The van der Waals surface area contributed by atoms with E-state index in [1.54, 1.807) is 17.5 Å². The highest BCUT2D eigenvalue weighted by Gasteiger charge is 2.11. The topological polar surface area (TPSA) is 60.2 Å². The van der Waals surface area contributed by atoms with Crippen molar-refractivity contribution in [3.63, 3.8) is 0 Å². The first kappa shape index (κ1) is 15.9. The summed E-state index contributed by atoms with van der Waals surface area (Å²) >= 11 is 1.80. The molecule has 3 N–H and O–H groups in total. The number of rotatable bonds is 8. The number of nitrogens with one attached hydrogen (secondary N) is 1. The van der Waals surface area contributed by atoms with Crippen LogP contribution in [-0.2, 0) is 6.42 Å². The summed E-state index contributed by atoms with van der Waals surface area (Å²) in [6.45, 7) is 4.01. The van der Waals surface area contributed by atoms with E-state index in [2.05, 4.69) is 27.9 Å². The van der Waals surface area contributed by atoms with Crippen molar-refractivity contribution in [3.8, 4) is 5.75 Å². The van der Waals surface area contributed by atoms with Crippen LogP contribution in [0.3, 0.4) is 0 Å². The van der Waals surface area contributed by atoms with E-state index in [0.29, 0.717) is 0 Å². The molecule has 2 rings (SSSR count). The van der Waals surface area contributed by atoms with Crippen LogP contribution in [-0.4, -0.2) is 11.1 Å². The first-order valence-corrected chi connectivity index (χ1v) is 8.17. The maximum atomic E-state index is 5.70. The Morgan fingerprint density at radius 3 is 2.90 bits per heavy atom. The lowest BCUT2D eigenvalue weighted by Gasteiger charge is -2.17. The number of nitrogens with zero attached hydrogens (tertiary/aromatic N) is 1. The third-order valence-corrected chi connectivity index (χ3v) is 4.14. The van der Waals surface area contributed by atoms with E-state index < -0.39 is 0 Å². The monoisotopic (exact) mass is 305 g/mol. The van der Waals surface area contributed by atoms with Crippen molar-refractivity contribution in [3.05, 3.63) is 46.4 Å². The molecular formula is C16H23N3OS. The van der Waals surface area contributed by atoms with E-state index in [4.69, 9.17) is 10.6 Å². The molecule has 0 saturated heterocycles. The molecule has 0 aromatic carbocycles. The molecule has 2 heterocycles. The summed E-state index contributed by atoms with van der Waals surface area (Å²) < 4.78 is 5.68. The molecule has 0 aliphatic carbocycles. The lowest BCUT2D eigenvalue weighted by molar-refractivity contribution is 0.241. The normalized spacial score (nSPS) is 12.6. The lowest BCUT2D eigenvalue weighted by Crippen LogP contribution is -2.28. The van der Waals surface area contributed by atoms with Gasteiger partial charge >= 0.3 is 0 Å². The van der Waals surface area contributed by atoms with Crippen molar-refractivity contribution in [1.29, 1.82) is 0 Å². The highest BCUT2D eigenvalue weighted by molar-refractivity contribution is 7.09. The molecule has 0 spiro atoms. The van der Waals surface area contributed by atoms with Gasteiger partial charge in [-0.15, -0.1) is 11.3 Å². The van der Waals surface area contributed by atoms with Gasteiger partial charge in [-0.2, -0.15) is 0 Å². The van der Waals surface area contributed by atoms with Crippen molar-refractivity contribution >= 4 is 11.3 Å². The second kappa shape index (κ2) is 8.12. The van der Waals surface area contributed by atoms with E-state index in [9.17, 15) is 0 Å². The molecule has 0 fully saturated rings. The fourth-order valence-electron chi connectivity index (χ4n) is 2.24. The molecule has 0 radical (unpaired) electrons. The van der Waals surface area contributed by atoms with E-state index >= 15 is 0 Å². The number of nitrogens with two attached hydrogens (primary N) is 1. The van der Waals surface area contributed by atoms with Crippen molar-refractivity contribution in [2.75, 3.05) is 0 Å². The van der Waals surface area contributed by atoms with Crippen LogP contribution >= 0.6 is 11.3 Å². The number of thiophene rings is 1. The standard InChI is InChI=1S/C16H23N3OS/c1-12(2)20-14-9-13(10-18-11-14)16(19-17)7-3-5-15-6-4-8-21-15/h4,6,8-12,16,19H,3,5,7,17H2,1-2H3. The molecular weight excluding hydrogens is 282 g/mol. The summed E-state index contributed by atoms with van der Waals surface area (Å²) in [6.07, 6.45) is 6.88. The van der Waals surface area contributed by atoms with Crippen molar-refractivity contribution in [2.24, 2.45) is 5.84 Å². The third kappa shape index (κ3) is 5.12. The van der Waals surface area contributed by atoms with E-state index in [-0.39, 0.29) is 12.1 Å². The molecule has 2 aromatic rings. The van der Waals surface area contributed by atoms with Gasteiger partial charge in [0, 0.05) is 17.1 Å². The highest BCUT2D eigenvalue weighted by atomic mass is 32.1. The zero-order valence-corrected chi connectivity index (χ0v) is 13.4. The van der Waals surface area contributed by atoms with Crippen LogP contribution in [0.5, 0.6) is 5.75 Å². The Labute approximate surface area is 130 Å². The summed E-state index contributed by atoms with van der Waals surface area (Å²) in [5, 5.41) is 2.12. The number of hydrogen-bond acceptors (Lipinski definition) is 5. The summed E-state index contributed by atoms with van der Waals surface area (Å²) in [5.74, 6) is 6.49. The Hall–Kier alpha value is -1.43. The molecule has 0 bridgehead atoms. The van der Waals surface area contributed by atoms with Crippen LogP contribution in [0.25, 0.3) is 0 Å². The lowest BCUT2D eigenvalue weighted by atomic mass is 10.0. The molecule has 2 aromatic heterocycles. The van der Waals surface area contributed by atoms with Gasteiger partial charge in [0.15, 0.2) is 0 Å². The summed E-state index contributed by atoms with van der Waals surface area (Å²) in [7, 11) is 0. The smallest absolute Gasteiger partial charge is 0.138 e. The molecule has 0 aliphatic rings. The maximum Gasteiger partial charge on any atom is 0.138 e. The minimum atomic E-state index is 0.105. The second-order valence-electron chi connectivity index (χ2n) is 5.31. The van der Waals surface area contributed by atoms with Crippen molar-refractivity contribution in [1.82, 2.24) is 10.4 Å². The SMILES string of the molecule is CC(C)Oc1cncc(C(CCCc2cccs2)NN)c1. The first-order valence-electron chi connectivity index (χ1n) is 7.29. The van der Waals surface area contributed by atoms with E-state index in [0.717, 1.165) is 30.6 Å². The van der Waals surface area contributed by atoms with Crippen LogP contribution in [0.4, 0.5) is 0 Å². The van der Waals surface area contributed by atoms with Crippen molar-refractivity contribution in [2.45, 2.75) is 45.3 Å². The van der Waals surface area contributed by atoms with Crippen LogP contribution in [0.15, 0.2) is 36.0 Å². The Morgan fingerprint density at radius 1 is 1.38 bits per heavy atom. The van der Waals surface area contributed by atoms with Gasteiger partial charge in [-0.3, -0.25) is 16.3 Å². The van der Waals surface area contributed by atoms with Crippen LogP contribution in [0.1, 0.15) is 43.2 Å². The molecule has 114 valence electrons. The predicted molar refractivity (Wildman–Crippen MR) is 87.3 cm³/mol. The Morgan fingerprint density at radius 2 is 2.24 bits per heavy atom. The summed E-state index contributed by atoms with van der Waals surface area (Å²) in [4.78, 5) is 5.66. The van der Waals surface area contributed by atoms with Crippen LogP contribution in [0.2, 0.25) is 0 Å². The summed E-state index contributed by atoms with van der Waals surface area (Å²) in [6, 6.07) is 6.39. The molecule has 0 aliphatic heterocycles. The number of pyridine rings is 1. The Balaban J connectivity index is 1.93. The number of aryl methyl sites for hydroxylation is 1. The van der Waals surface area contributed by atoms with E-state index in [1.807, 2.05) is 26.1 Å². The first-order chi connectivity index (χ1) is 10.2. The molecule has 1 atom stereocenters. The number of aromatic nitrogens is 1. The maximum absolute atomic E-state index is 5.70. The molecule has 1 unspecified atom stereocenters. The van der Waals surface area contributed by atoms with E-state index in [1.165, 1.54) is 4.88 Å². The molecule has 21 heavy (non-hydrogen) atoms. The van der Waals surface area contributed by atoms with Gasteiger partial charge < -0.3 is 4.74 Å². The average molecular weight is 305 g/mol. The molecule has 5 heteroatoms. The van der Waals surface area contributed by atoms with Crippen molar-refractivity contribution < 1.29 is 4.74 Å².